The monoisotopic (exact) mass is 268 g/mol. The van der Waals surface area contributed by atoms with Gasteiger partial charge in [-0.2, -0.15) is 0 Å². The first-order chi connectivity index (χ1) is 9.74. The lowest BCUT2D eigenvalue weighted by atomic mass is 10.0. The van der Waals surface area contributed by atoms with Gasteiger partial charge in [0.05, 0.1) is 4.92 Å². The molecule has 0 saturated carbocycles. The fourth-order valence-corrected chi connectivity index (χ4v) is 2.72. The van der Waals surface area contributed by atoms with E-state index >= 15 is 0 Å². The Balaban J connectivity index is 1.80. The molecule has 0 unspecified atom stereocenters. The standard InChI is InChI=1S/C16H16N2O2/c19-18(20)15-9-7-13(8-10-15)12-17-11-3-5-14-4-1-2-6-16(14)17/h1-2,4,6-10H,3,5,11-12H2. The molecule has 102 valence electrons. The van der Waals surface area contributed by atoms with Gasteiger partial charge in [-0.3, -0.25) is 10.1 Å². The zero-order valence-electron chi connectivity index (χ0n) is 11.2. The van der Waals surface area contributed by atoms with Crippen LogP contribution in [0.4, 0.5) is 11.4 Å². The van der Waals surface area contributed by atoms with Gasteiger partial charge in [0.2, 0.25) is 0 Å². The van der Waals surface area contributed by atoms with Crippen molar-refractivity contribution < 1.29 is 4.92 Å². The second-order valence-corrected chi connectivity index (χ2v) is 5.08. The largest absolute Gasteiger partial charge is 0.367 e. The number of hydrogen-bond acceptors (Lipinski definition) is 3. The van der Waals surface area contributed by atoms with Crippen LogP contribution in [0.3, 0.4) is 0 Å². The Morgan fingerprint density at radius 1 is 1.10 bits per heavy atom. The first-order valence-corrected chi connectivity index (χ1v) is 6.80. The molecule has 0 aliphatic carbocycles. The zero-order chi connectivity index (χ0) is 13.9. The molecular weight excluding hydrogens is 252 g/mol. The normalized spacial score (nSPS) is 13.9. The van der Waals surface area contributed by atoms with E-state index in [0.29, 0.717) is 0 Å². The Morgan fingerprint density at radius 3 is 2.60 bits per heavy atom. The molecule has 0 atom stereocenters. The molecule has 0 saturated heterocycles. The van der Waals surface area contributed by atoms with E-state index in [0.717, 1.165) is 31.5 Å². The molecule has 2 aromatic carbocycles. The molecule has 1 aliphatic rings. The summed E-state index contributed by atoms with van der Waals surface area (Å²) in [6.45, 7) is 1.84. The predicted octanol–water partition coefficient (Wildman–Crippen LogP) is 3.55. The average molecular weight is 268 g/mol. The smallest absolute Gasteiger partial charge is 0.269 e. The summed E-state index contributed by atoms with van der Waals surface area (Å²) in [5.41, 5.74) is 3.93. The van der Waals surface area contributed by atoms with E-state index in [2.05, 4.69) is 29.2 Å². The highest BCUT2D eigenvalue weighted by molar-refractivity contribution is 5.55. The fourth-order valence-electron chi connectivity index (χ4n) is 2.72. The molecule has 0 fully saturated rings. The summed E-state index contributed by atoms with van der Waals surface area (Å²) in [5, 5.41) is 10.7. The molecule has 0 amide bonds. The highest BCUT2D eigenvalue weighted by atomic mass is 16.6. The third kappa shape index (κ3) is 2.50. The van der Waals surface area contributed by atoms with Gasteiger partial charge >= 0.3 is 0 Å². The minimum absolute atomic E-state index is 0.146. The first-order valence-electron chi connectivity index (χ1n) is 6.80. The van der Waals surface area contributed by atoms with Crippen molar-refractivity contribution in [3.05, 3.63) is 69.8 Å². The van der Waals surface area contributed by atoms with Crippen molar-refractivity contribution in [3.63, 3.8) is 0 Å². The lowest BCUT2D eigenvalue weighted by Gasteiger charge is -2.31. The van der Waals surface area contributed by atoms with Crippen molar-refractivity contribution in [1.82, 2.24) is 0 Å². The van der Waals surface area contributed by atoms with Crippen molar-refractivity contribution in [3.8, 4) is 0 Å². The Kier molecular flexibility index (Phi) is 3.37. The molecule has 1 heterocycles. The van der Waals surface area contributed by atoms with Crippen molar-refractivity contribution in [2.45, 2.75) is 19.4 Å². The van der Waals surface area contributed by atoms with Gasteiger partial charge in [-0.05, 0) is 30.0 Å². The van der Waals surface area contributed by atoms with E-state index in [1.807, 2.05) is 12.1 Å². The lowest BCUT2D eigenvalue weighted by Crippen LogP contribution is -2.28. The van der Waals surface area contributed by atoms with Crippen LogP contribution < -0.4 is 4.90 Å². The molecule has 0 aromatic heterocycles. The van der Waals surface area contributed by atoms with E-state index in [1.165, 1.54) is 11.3 Å². The van der Waals surface area contributed by atoms with Crippen LogP contribution in [-0.2, 0) is 13.0 Å². The number of anilines is 1. The summed E-state index contributed by atoms with van der Waals surface area (Å²) in [6, 6.07) is 15.3. The minimum Gasteiger partial charge on any atom is -0.367 e. The minimum atomic E-state index is -0.361. The number of aryl methyl sites for hydroxylation is 1. The molecule has 4 nitrogen and oxygen atoms in total. The van der Waals surface area contributed by atoms with Crippen LogP contribution in [0.5, 0.6) is 0 Å². The zero-order valence-corrected chi connectivity index (χ0v) is 11.2. The van der Waals surface area contributed by atoms with Gasteiger partial charge in [-0.15, -0.1) is 0 Å². The maximum atomic E-state index is 10.7. The van der Waals surface area contributed by atoms with Crippen LogP contribution in [0.2, 0.25) is 0 Å². The summed E-state index contributed by atoms with van der Waals surface area (Å²) in [5.74, 6) is 0. The maximum absolute atomic E-state index is 10.7. The number of non-ortho nitro benzene ring substituents is 1. The molecule has 0 spiro atoms. The molecule has 3 rings (SSSR count). The van der Waals surface area contributed by atoms with Gasteiger partial charge in [0, 0.05) is 30.9 Å². The molecule has 0 N–H and O–H groups in total. The van der Waals surface area contributed by atoms with E-state index in [9.17, 15) is 10.1 Å². The highest BCUT2D eigenvalue weighted by Crippen LogP contribution is 2.28. The van der Waals surface area contributed by atoms with Crippen molar-refractivity contribution in [2.75, 3.05) is 11.4 Å². The molecular formula is C16H16N2O2. The van der Waals surface area contributed by atoms with Gasteiger partial charge in [0.1, 0.15) is 0 Å². The number of benzene rings is 2. The van der Waals surface area contributed by atoms with Crippen molar-refractivity contribution >= 4 is 11.4 Å². The summed E-state index contributed by atoms with van der Waals surface area (Å²) >= 11 is 0. The Labute approximate surface area is 117 Å². The number of nitro benzene ring substituents is 1. The number of hydrogen-bond donors (Lipinski definition) is 0. The van der Waals surface area contributed by atoms with E-state index in [-0.39, 0.29) is 10.6 Å². The summed E-state index contributed by atoms with van der Waals surface area (Å²) in [4.78, 5) is 12.6. The number of fused-ring (bicyclic) bond motifs is 1. The van der Waals surface area contributed by atoms with Gasteiger partial charge in [0.25, 0.3) is 5.69 Å². The first kappa shape index (κ1) is 12.7. The predicted molar refractivity (Wildman–Crippen MR) is 78.9 cm³/mol. The molecule has 20 heavy (non-hydrogen) atoms. The van der Waals surface area contributed by atoms with Crippen LogP contribution in [0.1, 0.15) is 17.5 Å². The summed E-state index contributed by atoms with van der Waals surface area (Å²) < 4.78 is 0. The van der Waals surface area contributed by atoms with Gasteiger partial charge < -0.3 is 4.90 Å². The third-order valence-electron chi connectivity index (χ3n) is 3.73. The Morgan fingerprint density at radius 2 is 1.85 bits per heavy atom. The summed E-state index contributed by atoms with van der Waals surface area (Å²) in [7, 11) is 0. The van der Waals surface area contributed by atoms with Crippen molar-refractivity contribution in [2.24, 2.45) is 0 Å². The van der Waals surface area contributed by atoms with Crippen LogP contribution in [0, 0.1) is 10.1 Å². The quantitative estimate of drug-likeness (QED) is 0.631. The van der Waals surface area contributed by atoms with Crippen molar-refractivity contribution in [1.29, 1.82) is 0 Å². The molecule has 0 bridgehead atoms. The van der Waals surface area contributed by atoms with Crippen LogP contribution in [0.15, 0.2) is 48.5 Å². The third-order valence-corrected chi connectivity index (χ3v) is 3.73. The number of rotatable bonds is 3. The van der Waals surface area contributed by atoms with Crippen LogP contribution >= 0.6 is 0 Å². The van der Waals surface area contributed by atoms with Gasteiger partial charge in [-0.25, -0.2) is 0 Å². The maximum Gasteiger partial charge on any atom is 0.269 e. The second-order valence-electron chi connectivity index (χ2n) is 5.08. The van der Waals surface area contributed by atoms with Crippen LogP contribution in [-0.4, -0.2) is 11.5 Å². The highest BCUT2D eigenvalue weighted by Gasteiger charge is 2.16. The SMILES string of the molecule is O=[N+]([O-])c1ccc(CN2CCCc3ccccc32)cc1. The van der Waals surface area contributed by atoms with E-state index in [1.54, 1.807) is 12.1 Å². The Hall–Kier alpha value is -2.36. The topological polar surface area (TPSA) is 46.4 Å². The summed E-state index contributed by atoms with van der Waals surface area (Å²) in [6.07, 6.45) is 2.29. The fraction of sp³-hybridized carbons (Fsp3) is 0.250. The van der Waals surface area contributed by atoms with E-state index < -0.39 is 0 Å². The van der Waals surface area contributed by atoms with E-state index in [4.69, 9.17) is 0 Å². The van der Waals surface area contributed by atoms with Gasteiger partial charge in [0.15, 0.2) is 0 Å². The van der Waals surface area contributed by atoms with Gasteiger partial charge in [-0.1, -0.05) is 30.3 Å². The average Bonchev–Trinajstić information content (AvgIpc) is 2.48. The molecule has 4 heteroatoms. The number of nitro groups is 1. The molecule has 1 aliphatic heterocycles. The second kappa shape index (κ2) is 5.33. The lowest BCUT2D eigenvalue weighted by molar-refractivity contribution is -0.384. The molecule has 0 radical (unpaired) electrons. The van der Waals surface area contributed by atoms with Crippen LogP contribution in [0.25, 0.3) is 0 Å². The number of para-hydroxylation sites is 1. The molecule has 2 aromatic rings. The Bertz CT molecular complexity index is 623. The number of nitrogens with zero attached hydrogens (tertiary/aromatic N) is 2.